The van der Waals surface area contributed by atoms with Crippen molar-refractivity contribution >= 4 is 11.8 Å². The first-order chi connectivity index (χ1) is 13.1. The Morgan fingerprint density at radius 2 is 2.11 bits per heavy atom. The highest BCUT2D eigenvalue weighted by Crippen LogP contribution is 2.26. The van der Waals surface area contributed by atoms with Gasteiger partial charge < -0.3 is 14.7 Å². The van der Waals surface area contributed by atoms with Gasteiger partial charge in [0.25, 0.3) is 0 Å². The molecule has 1 aromatic heterocycles. The van der Waals surface area contributed by atoms with Crippen LogP contribution in [0.3, 0.4) is 0 Å². The van der Waals surface area contributed by atoms with E-state index in [1.807, 2.05) is 6.92 Å². The highest BCUT2D eigenvalue weighted by molar-refractivity contribution is 5.88. The summed E-state index contributed by atoms with van der Waals surface area (Å²) in [7, 11) is 0. The summed E-state index contributed by atoms with van der Waals surface area (Å²) >= 11 is 0. The minimum absolute atomic E-state index is 0.0307. The predicted molar refractivity (Wildman–Crippen MR) is 99.7 cm³/mol. The van der Waals surface area contributed by atoms with E-state index in [0.29, 0.717) is 37.3 Å². The molecule has 8 heteroatoms. The van der Waals surface area contributed by atoms with Crippen molar-refractivity contribution in [1.82, 2.24) is 25.3 Å². The number of aromatic nitrogens is 2. The van der Waals surface area contributed by atoms with Crippen molar-refractivity contribution in [2.24, 2.45) is 5.92 Å². The zero-order chi connectivity index (χ0) is 19.2. The maximum atomic E-state index is 12.9. The molecule has 2 amide bonds. The second-order valence-electron chi connectivity index (χ2n) is 7.65. The van der Waals surface area contributed by atoms with Crippen molar-refractivity contribution in [3.05, 3.63) is 11.7 Å². The Bertz CT molecular complexity index is 641. The van der Waals surface area contributed by atoms with E-state index in [1.54, 1.807) is 11.8 Å². The molecule has 8 nitrogen and oxygen atoms in total. The standard InChI is InChI=1S/C19H31N5O3/c1-3-23(13-17-21-14(2)27-22-17)18(25)11-16-19(26)20-9-10-24(16)12-15-7-5-4-6-8-15/h15-16H,3-13H2,1-2H3,(H,20,26)/t16-/m0/s1. The van der Waals surface area contributed by atoms with E-state index in [1.165, 1.54) is 32.1 Å². The van der Waals surface area contributed by atoms with Crippen molar-refractivity contribution in [2.75, 3.05) is 26.2 Å². The van der Waals surface area contributed by atoms with Gasteiger partial charge in [-0.1, -0.05) is 24.4 Å². The number of nitrogens with zero attached hydrogens (tertiary/aromatic N) is 4. The molecule has 1 aliphatic carbocycles. The van der Waals surface area contributed by atoms with Crippen LogP contribution in [0.25, 0.3) is 0 Å². The summed E-state index contributed by atoms with van der Waals surface area (Å²) in [5, 5.41) is 6.79. The van der Waals surface area contributed by atoms with Crippen molar-refractivity contribution in [1.29, 1.82) is 0 Å². The number of carbonyl (C=O) groups excluding carboxylic acids is 2. The summed E-state index contributed by atoms with van der Waals surface area (Å²) in [6.07, 6.45) is 6.54. The molecule has 1 N–H and O–H groups in total. The monoisotopic (exact) mass is 377 g/mol. The van der Waals surface area contributed by atoms with Gasteiger partial charge in [-0.2, -0.15) is 4.98 Å². The van der Waals surface area contributed by atoms with E-state index >= 15 is 0 Å². The Labute approximate surface area is 160 Å². The fourth-order valence-electron chi connectivity index (χ4n) is 4.15. The van der Waals surface area contributed by atoms with Gasteiger partial charge in [0, 0.05) is 33.1 Å². The van der Waals surface area contributed by atoms with Gasteiger partial charge in [0.2, 0.25) is 17.7 Å². The summed E-state index contributed by atoms with van der Waals surface area (Å²) in [5.41, 5.74) is 0. The molecule has 1 saturated carbocycles. The van der Waals surface area contributed by atoms with Crippen LogP contribution in [0.1, 0.15) is 57.2 Å². The molecule has 1 aromatic rings. The van der Waals surface area contributed by atoms with Gasteiger partial charge in [0.05, 0.1) is 19.0 Å². The third-order valence-electron chi connectivity index (χ3n) is 5.66. The van der Waals surface area contributed by atoms with Gasteiger partial charge in [0.15, 0.2) is 5.82 Å². The number of rotatable bonds is 7. The molecule has 1 aliphatic heterocycles. The first-order valence-electron chi connectivity index (χ1n) is 10.2. The van der Waals surface area contributed by atoms with Crippen LogP contribution in [0, 0.1) is 12.8 Å². The van der Waals surface area contributed by atoms with Gasteiger partial charge in [0.1, 0.15) is 0 Å². The lowest BCUT2D eigenvalue weighted by atomic mass is 9.88. The summed E-state index contributed by atoms with van der Waals surface area (Å²) in [6.45, 7) is 6.90. The molecule has 0 unspecified atom stereocenters. The van der Waals surface area contributed by atoms with Crippen LogP contribution >= 0.6 is 0 Å². The average Bonchev–Trinajstić information content (AvgIpc) is 3.08. The van der Waals surface area contributed by atoms with Gasteiger partial charge in [-0.25, -0.2) is 0 Å². The van der Waals surface area contributed by atoms with Crippen LogP contribution in [-0.4, -0.2) is 64.0 Å². The molecule has 0 spiro atoms. The van der Waals surface area contributed by atoms with Crippen LogP contribution in [0.2, 0.25) is 0 Å². The largest absolute Gasteiger partial charge is 0.353 e. The zero-order valence-corrected chi connectivity index (χ0v) is 16.4. The van der Waals surface area contributed by atoms with Crippen LogP contribution in [0.5, 0.6) is 0 Å². The van der Waals surface area contributed by atoms with E-state index in [2.05, 4.69) is 20.4 Å². The fraction of sp³-hybridized carbons (Fsp3) is 0.789. The normalized spacial score (nSPS) is 21.9. The number of piperazine rings is 1. The third kappa shape index (κ3) is 5.28. The molecule has 27 heavy (non-hydrogen) atoms. The van der Waals surface area contributed by atoms with Gasteiger partial charge >= 0.3 is 0 Å². The van der Waals surface area contributed by atoms with Crippen molar-refractivity contribution in [2.45, 2.75) is 65.0 Å². The zero-order valence-electron chi connectivity index (χ0n) is 16.4. The first-order valence-corrected chi connectivity index (χ1v) is 10.2. The Kier molecular flexibility index (Phi) is 6.82. The number of hydrogen-bond donors (Lipinski definition) is 1. The Hall–Kier alpha value is -1.96. The van der Waals surface area contributed by atoms with E-state index in [-0.39, 0.29) is 24.3 Å². The lowest BCUT2D eigenvalue weighted by Gasteiger charge is -2.38. The first kappa shape index (κ1) is 19.8. The predicted octanol–water partition coefficient (Wildman–Crippen LogP) is 1.50. The van der Waals surface area contributed by atoms with E-state index < -0.39 is 0 Å². The van der Waals surface area contributed by atoms with Crippen LogP contribution in [0.4, 0.5) is 0 Å². The minimum atomic E-state index is -0.380. The summed E-state index contributed by atoms with van der Waals surface area (Å²) in [4.78, 5) is 33.4. The van der Waals surface area contributed by atoms with Crippen LogP contribution < -0.4 is 5.32 Å². The van der Waals surface area contributed by atoms with Gasteiger partial charge in [-0.05, 0) is 25.7 Å². The smallest absolute Gasteiger partial charge is 0.237 e. The van der Waals surface area contributed by atoms with Crippen molar-refractivity contribution in [3.63, 3.8) is 0 Å². The highest BCUT2D eigenvalue weighted by atomic mass is 16.5. The molecular weight excluding hydrogens is 346 g/mol. The van der Waals surface area contributed by atoms with Gasteiger partial charge in [-0.3, -0.25) is 14.5 Å². The van der Waals surface area contributed by atoms with E-state index in [9.17, 15) is 9.59 Å². The van der Waals surface area contributed by atoms with Crippen molar-refractivity contribution < 1.29 is 14.1 Å². The molecular formula is C19H31N5O3. The highest BCUT2D eigenvalue weighted by Gasteiger charge is 2.34. The third-order valence-corrected chi connectivity index (χ3v) is 5.66. The molecule has 2 aliphatic rings. The van der Waals surface area contributed by atoms with Gasteiger partial charge in [-0.15, -0.1) is 0 Å². The molecule has 0 aromatic carbocycles. The molecule has 2 heterocycles. The molecule has 1 saturated heterocycles. The second-order valence-corrected chi connectivity index (χ2v) is 7.65. The SMILES string of the molecule is CCN(Cc1noc(C)n1)C(=O)C[C@H]1C(=O)NCCN1CC1CCCCC1. The van der Waals surface area contributed by atoms with Crippen molar-refractivity contribution in [3.8, 4) is 0 Å². The number of aryl methyl sites for hydroxylation is 1. The molecule has 2 fully saturated rings. The van der Waals surface area contributed by atoms with Crippen LogP contribution in [0.15, 0.2) is 4.52 Å². The molecule has 150 valence electrons. The summed E-state index contributed by atoms with van der Waals surface area (Å²) in [6, 6.07) is -0.380. The maximum absolute atomic E-state index is 12.9. The lowest BCUT2D eigenvalue weighted by Crippen LogP contribution is -2.57. The maximum Gasteiger partial charge on any atom is 0.237 e. The minimum Gasteiger partial charge on any atom is -0.353 e. The van der Waals surface area contributed by atoms with Crippen LogP contribution in [-0.2, 0) is 16.1 Å². The summed E-state index contributed by atoms with van der Waals surface area (Å²) < 4.78 is 4.99. The fourth-order valence-corrected chi connectivity index (χ4v) is 4.15. The average molecular weight is 377 g/mol. The molecule has 0 bridgehead atoms. The quantitative estimate of drug-likeness (QED) is 0.774. The Morgan fingerprint density at radius 3 is 2.78 bits per heavy atom. The Balaban J connectivity index is 1.61. The molecule has 3 rings (SSSR count). The van der Waals surface area contributed by atoms with E-state index in [4.69, 9.17) is 4.52 Å². The molecule has 1 atom stereocenters. The summed E-state index contributed by atoms with van der Waals surface area (Å²) in [5.74, 6) is 1.55. The second kappa shape index (κ2) is 9.30. The van der Waals surface area contributed by atoms with E-state index in [0.717, 1.165) is 13.1 Å². The Morgan fingerprint density at radius 1 is 1.33 bits per heavy atom. The topological polar surface area (TPSA) is 91.6 Å². The lowest BCUT2D eigenvalue weighted by molar-refractivity contribution is -0.139. The number of carbonyl (C=O) groups is 2. The number of nitrogens with one attached hydrogen (secondary N) is 1. The number of amides is 2. The molecule has 0 radical (unpaired) electrons. The number of hydrogen-bond acceptors (Lipinski definition) is 6.